The van der Waals surface area contributed by atoms with E-state index in [0.717, 1.165) is 17.0 Å². The van der Waals surface area contributed by atoms with Crippen molar-refractivity contribution in [2.75, 3.05) is 0 Å². The van der Waals surface area contributed by atoms with E-state index in [2.05, 4.69) is 45.0 Å². The zero-order valence-corrected chi connectivity index (χ0v) is 12.5. The molecule has 2 aromatic carbocycles. The molecule has 21 heavy (non-hydrogen) atoms. The van der Waals surface area contributed by atoms with Gasteiger partial charge in [-0.3, -0.25) is 4.98 Å². The summed E-state index contributed by atoms with van der Waals surface area (Å²) in [7, 11) is 0. The van der Waals surface area contributed by atoms with Gasteiger partial charge in [0.25, 0.3) is 0 Å². The Morgan fingerprint density at radius 1 is 0.905 bits per heavy atom. The second-order valence-electron chi connectivity index (χ2n) is 5.72. The van der Waals surface area contributed by atoms with Crippen LogP contribution in [-0.4, -0.2) is 4.98 Å². The number of rotatable bonds is 0. The number of hydrogen-bond donors (Lipinski definition) is 0. The van der Waals surface area contributed by atoms with E-state index >= 15 is 0 Å². The molecule has 0 unspecified atom stereocenters. The molecule has 0 N–H and O–H groups in total. The van der Waals surface area contributed by atoms with Crippen LogP contribution >= 0.6 is 0 Å². The molecule has 0 radical (unpaired) electrons. The molecule has 2 heterocycles. The minimum Gasteiger partial charge on any atom is -0.488 e. The highest BCUT2D eigenvalue weighted by Crippen LogP contribution is 2.41. The van der Waals surface area contributed by atoms with E-state index in [1.807, 2.05) is 12.1 Å². The van der Waals surface area contributed by atoms with Gasteiger partial charge in [-0.25, -0.2) is 0 Å². The van der Waals surface area contributed by atoms with Gasteiger partial charge in [-0.1, -0.05) is 24.3 Å². The Kier molecular flexibility index (Phi) is 2.55. The first-order chi connectivity index (χ1) is 10.2. The number of fused-ring (bicyclic) bond motifs is 5. The summed E-state index contributed by atoms with van der Waals surface area (Å²) in [6.45, 7) is 7.03. The minimum atomic E-state index is 0.620. The van der Waals surface area contributed by atoms with Crippen LogP contribution in [0, 0.1) is 20.8 Å². The fourth-order valence-electron chi connectivity index (χ4n) is 3.24. The van der Waals surface area contributed by atoms with Crippen molar-refractivity contribution >= 4 is 10.9 Å². The second kappa shape index (κ2) is 4.32. The molecule has 1 aliphatic rings. The van der Waals surface area contributed by atoms with Gasteiger partial charge in [0, 0.05) is 22.2 Å². The number of hydrogen-bond acceptors (Lipinski definition) is 2. The zero-order chi connectivity index (χ0) is 14.6. The number of nitrogens with zero attached hydrogens (tertiary/aromatic N) is 1. The van der Waals surface area contributed by atoms with E-state index in [1.165, 1.54) is 33.2 Å². The lowest BCUT2D eigenvalue weighted by Gasteiger charge is -2.23. The van der Waals surface area contributed by atoms with E-state index in [4.69, 9.17) is 9.72 Å². The van der Waals surface area contributed by atoms with E-state index in [9.17, 15) is 0 Å². The number of benzene rings is 2. The van der Waals surface area contributed by atoms with Crippen molar-refractivity contribution in [3.8, 4) is 16.9 Å². The molecule has 1 aromatic heterocycles. The van der Waals surface area contributed by atoms with Crippen molar-refractivity contribution in [2.24, 2.45) is 0 Å². The van der Waals surface area contributed by atoms with Gasteiger partial charge in [0.1, 0.15) is 12.4 Å². The maximum Gasteiger partial charge on any atom is 0.127 e. The van der Waals surface area contributed by atoms with E-state index in [1.54, 1.807) is 0 Å². The van der Waals surface area contributed by atoms with Crippen molar-refractivity contribution in [1.29, 1.82) is 0 Å². The Morgan fingerprint density at radius 3 is 2.57 bits per heavy atom. The Balaban J connectivity index is 2.12. The van der Waals surface area contributed by atoms with Gasteiger partial charge in [0.2, 0.25) is 0 Å². The summed E-state index contributed by atoms with van der Waals surface area (Å²) in [6, 6.07) is 12.6. The predicted octanol–water partition coefficient (Wildman–Crippen LogP) is 4.72. The van der Waals surface area contributed by atoms with Crippen LogP contribution in [-0.2, 0) is 6.61 Å². The Morgan fingerprint density at radius 2 is 1.71 bits per heavy atom. The Labute approximate surface area is 124 Å². The average molecular weight is 275 g/mol. The third-order valence-electron chi connectivity index (χ3n) is 4.61. The molecule has 0 bridgehead atoms. The van der Waals surface area contributed by atoms with Crippen LogP contribution in [0.4, 0.5) is 0 Å². The molecule has 0 saturated heterocycles. The molecule has 0 amide bonds. The van der Waals surface area contributed by atoms with Crippen LogP contribution in [0.15, 0.2) is 36.4 Å². The number of aromatic nitrogens is 1. The van der Waals surface area contributed by atoms with E-state index in [-0.39, 0.29) is 0 Å². The third-order valence-corrected chi connectivity index (χ3v) is 4.61. The highest BCUT2D eigenvalue weighted by Gasteiger charge is 2.21. The number of pyridine rings is 1. The molecule has 2 heteroatoms. The zero-order valence-electron chi connectivity index (χ0n) is 12.5. The SMILES string of the molecule is Cc1nc2ccc3c(c2c(C)c1C)COc1ccccc1-3. The van der Waals surface area contributed by atoms with Gasteiger partial charge in [-0.05, 0) is 49.6 Å². The third kappa shape index (κ3) is 1.69. The van der Waals surface area contributed by atoms with Gasteiger partial charge in [-0.15, -0.1) is 0 Å². The van der Waals surface area contributed by atoms with Gasteiger partial charge in [-0.2, -0.15) is 0 Å². The first-order valence-corrected chi connectivity index (χ1v) is 7.28. The van der Waals surface area contributed by atoms with Crippen LogP contribution in [0.25, 0.3) is 22.0 Å². The predicted molar refractivity (Wildman–Crippen MR) is 85.7 cm³/mol. The summed E-state index contributed by atoms with van der Waals surface area (Å²) in [5, 5.41) is 1.25. The monoisotopic (exact) mass is 275 g/mol. The summed E-state index contributed by atoms with van der Waals surface area (Å²) < 4.78 is 5.96. The number of aryl methyl sites for hydroxylation is 2. The van der Waals surface area contributed by atoms with E-state index < -0.39 is 0 Å². The molecule has 104 valence electrons. The first kappa shape index (κ1) is 12.4. The first-order valence-electron chi connectivity index (χ1n) is 7.28. The van der Waals surface area contributed by atoms with Gasteiger partial charge < -0.3 is 4.74 Å². The minimum absolute atomic E-state index is 0.620. The summed E-state index contributed by atoms with van der Waals surface area (Å²) in [6.07, 6.45) is 0. The highest BCUT2D eigenvalue weighted by molar-refractivity contribution is 5.94. The van der Waals surface area contributed by atoms with Crippen LogP contribution in [0.1, 0.15) is 22.4 Å². The van der Waals surface area contributed by atoms with Crippen LogP contribution < -0.4 is 4.74 Å². The van der Waals surface area contributed by atoms with Crippen molar-refractivity contribution in [1.82, 2.24) is 4.98 Å². The summed E-state index contributed by atoms with van der Waals surface area (Å²) in [5.41, 5.74) is 8.48. The van der Waals surface area contributed by atoms with Gasteiger partial charge in [0.15, 0.2) is 0 Å². The lowest BCUT2D eigenvalue weighted by molar-refractivity contribution is 0.304. The van der Waals surface area contributed by atoms with Crippen molar-refractivity contribution < 1.29 is 4.74 Å². The molecule has 0 aliphatic carbocycles. The summed E-state index contributed by atoms with van der Waals surface area (Å²) in [5.74, 6) is 0.971. The average Bonchev–Trinajstić information content (AvgIpc) is 2.51. The van der Waals surface area contributed by atoms with Gasteiger partial charge in [0.05, 0.1) is 5.52 Å². The molecular weight excluding hydrogens is 258 g/mol. The molecule has 0 spiro atoms. The molecular formula is C19H17NO. The Hall–Kier alpha value is -2.35. The quantitative estimate of drug-likeness (QED) is 0.592. The van der Waals surface area contributed by atoms with Crippen molar-refractivity contribution in [3.05, 3.63) is 58.8 Å². The molecule has 4 rings (SSSR count). The summed E-state index contributed by atoms with van der Waals surface area (Å²) >= 11 is 0. The van der Waals surface area contributed by atoms with Gasteiger partial charge >= 0.3 is 0 Å². The van der Waals surface area contributed by atoms with Crippen LogP contribution in [0.2, 0.25) is 0 Å². The van der Waals surface area contributed by atoms with Crippen molar-refractivity contribution in [3.63, 3.8) is 0 Å². The molecule has 3 aromatic rings. The molecule has 2 nitrogen and oxygen atoms in total. The normalized spacial score (nSPS) is 12.7. The Bertz CT molecular complexity index is 880. The lowest BCUT2D eigenvalue weighted by atomic mass is 9.90. The second-order valence-corrected chi connectivity index (χ2v) is 5.72. The maximum absolute atomic E-state index is 5.96. The smallest absolute Gasteiger partial charge is 0.127 e. The molecule has 0 saturated carbocycles. The molecule has 1 aliphatic heterocycles. The largest absolute Gasteiger partial charge is 0.488 e. The number of ether oxygens (including phenoxy) is 1. The van der Waals surface area contributed by atoms with Crippen molar-refractivity contribution in [2.45, 2.75) is 27.4 Å². The highest BCUT2D eigenvalue weighted by atomic mass is 16.5. The topological polar surface area (TPSA) is 22.1 Å². The maximum atomic E-state index is 5.96. The van der Waals surface area contributed by atoms with Crippen LogP contribution in [0.3, 0.4) is 0 Å². The number of para-hydroxylation sites is 1. The lowest BCUT2D eigenvalue weighted by Crippen LogP contribution is -2.08. The fraction of sp³-hybridized carbons (Fsp3) is 0.211. The summed E-state index contributed by atoms with van der Waals surface area (Å²) in [4.78, 5) is 4.74. The van der Waals surface area contributed by atoms with Crippen LogP contribution in [0.5, 0.6) is 5.75 Å². The standard InChI is InChI=1S/C19H17NO/c1-11-12(2)19-16-10-21-18-7-5-4-6-15(18)14(16)8-9-17(19)20-13(11)3/h4-9H,10H2,1-3H3. The molecule has 0 atom stereocenters. The fourth-order valence-corrected chi connectivity index (χ4v) is 3.24. The molecule has 0 fully saturated rings. The van der Waals surface area contributed by atoms with E-state index in [0.29, 0.717) is 6.61 Å².